The first-order valence-electron chi connectivity index (χ1n) is 10.4. The second-order valence-corrected chi connectivity index (χ2v) is 9.62. The van der Waals surface area contributed by atoms with Crippen LogP contribution in [0.2, 0.25) is 0 Å². The standard InChI is InChI=1S/C23H28N4O5S/c1-13(2)24-19(28)18-16-12-33-21(26(6)22(30)32-23(3,4)5)17(16)20(29)27(25-18)14-8-10-15(31-7)11-9-14/h8-13H,1-7H3,(H,24,28). The van der Waals surface area contributed by atoms with E-state index in [0.29, 0.717) is 21.8 Å². The molecule has 2 heterocycles. The zero-order chi connectivity index (χ0) is 24.5. The lowest BCUT2D eigenvalue weighted by molar-refractivity contribution is 0.0590. The van der Waals surface area contributed by atoms with Crippen molar-refractivity contribution in [1.82, 2.24) is 15.1 Å². The Balaban J connectivity index is 2.24. The topological polar surface area (TPSA) is 103 Å². The summed E-state index contributed by atoms with van der Waals surface area (Å²) >= 11 is 1.17. The fourth-order valence-electron chi connectivity index (χ4n) is 3.09. The number of aromatic nitrogens is 2. The predicted molar refractivity (Wildman–Crippen MR) is 129 cm³/mol. The Morgan fingerprint density at radius 3 is 2.36 bits per heavy atom. The molecule has 2 aromatic heterocycles. The minimum absolute atomic E-state index is 0.0919. The minimum atomic E-state index is -0.703. The first-order chi connectivity index (χ1) is 15.4. The number of carbonyl (C=O) groups excluding carboxylic acids is 2. The number of nitrogens with zero attached hydrogens (tertiary/aromatic N) is 3. The molecule has 0 bridgehead atoms. The van der Waals surface area contributed by atoms with Crippen molar-refractivity contribution in [3.8, 4) is 11.4 Å². The first-order valence-corrected chi connectivity index (χ1v) is 11.3. The Bertz CT molecular complexity index is 1240. The van der Waals surface area contributed by atoms with E-state index in [2.05, 4.69) is 10.4 Å². The van der Waals surface area contributed by atoms with Crippen molar-refractivity contribution >= 4 is 39.1 Å². The number of benzene rings is 1. The molecule has 2 amide bonds. The summed E-state index contributed by atoms with van der Waals surface area (Å²) in [5.74, 6) is 0.202. The summed E-state index contributed by atoms with van der Waals surface area (Å²) in [6, 6.07) is 6.61. The fraction of sp³-hybridized carbons (Fsp3) is 0.391. The molecule has 0 fully saturated rings. The molecule has 1 N–H and O–H groups in total. The molecule has 0 atom stereocenters. The third-order valence-corrected chi connectivity index (χ3v) is 5.61. The monoisotopic (exact) mass is 472 g/mol. The molecule has 0 aliphatic heterocycles. The molecule has 0 unspecified atom stereocenters. The molecule has 3 rings (SSSR count). The molecule has 176 valence electrons. The summed E-state index contributed by atoms with van der Waals surface area (Å²) in [4.78, 5) is 40.5. The Morgan fingerprint density at radius 2 is 1.82 bits per heavy atom. The van der Waals surface area contributed by atoms with Crippen LogP contribution in [0.4, 0.5) is 9.80 Å². The predicted octanol–water partition coefficient (Wildman–Crippen LogP) is 3.97. The number of hydrogen-bond acceptors (Lipinski definition) is 7. The van der Waals surface area contributed by atoms with E-state index in [1.54, 1.807) is 57.5 Å². The van der Waals surface area contributed by atoms with E-state index < -0.39 is 23.2 Å². The van der Waals surface area contributed by atoms with Gasteiger partial charge in [-0.3, -0.25) is 14.5 Å². The van der Waals surface area contributed by atoms with Crippen LogP contribution in [-0.4, -0.2) is 47.6 Å². The van der Waals surface area contributed by atoms with E-state index in [1.807, 2.05) is 13.8 Å². The normalized spacial score (nSPS) is 11.5. The van der Waals surface area contributed by atoms with Gasteiger partial charge in [-0.25, -0.2) is 4.79 Å². The zero-order valence-corrected chi connectivity index (χ0v) is 20.6. The summed E-state index contributed by atoms with van der Waals surface area (Å²) in [5, 5.41) is 9.82. The van der Waals surface area contributed by atoms with Crippen LogP contribution in [0.3, 0.4) is 0 Å². The smallest absolute Gasteiger partial charge is 0.415 e. The molecule has 1 aromatic carbocycles. The van der Waals surface area contributed by atoms with Gasteiger partial charge in [-0.2, -0.15) is 9.78 Å². The van der Waals surface area contributed by atoms with Crippen LogP contribution < -0.4 is 20.5 Å². The lowest BCUT2D eigenvalue weighted by Crippen LogP contribution is -2.35. The van der Waals surface area contributed by atoms with Crippen LogP contribution in [0, 0.1) is 0 Å². The second-order valence-electron chi connectivity index (χ2n) is 8.76. The SMILES string of the molecule is COc1ccc(-n2nc(C(=O)NC(C)C)c3csc(N(C)C(=O)OC(C)(C)C)c3c2=O)cc1. The van der Waals surface area contributed by atoms with Crippen LogP contribution >= 0.6 is 11.3 Å². The minimum Gasteiger partial charge on any atom is -0.497 e. The molecular weight excluding hydrogens is 444 g/mol. The number of ether oxygens (including phenoxy) is 2. The Kier molecular flexibility index (Phi) is 6.78. The summed E-state index contributed by atoms with van der Waals surface area (Å²) < 4.78 is 11.8. The average Bonchev–Trinajstić information content (AvgIpc) is 3.17. The number of rotatable bonds is 5. The number of hydrogen-bond donors (Lipinski definition) is 1. The molecule has 3 aromatic rings. The molecule has 0 spiro atoms. The van der Waals surface area contributed by atoms with Crippen LogP contribution in [0.15, 0.2) is 34.4 Å². The van der Waals surface area contributed by atoms with E-state index in [0.717, 1.165) is 4.68 Å². The third-order valence-electron chi connectivity index (χ3n) is 4.56. The maximum Gasteiger partial charge on any atom is 0.415 e. The van der Waals surface area contributed by atoms with E-state index in [-0.39, 0.29) is 17.1 Å². The molecule has 33 heavy (non-hydrogen) atoms. The number of amides is 2. The van der Waals surface area contributed by atoms with Crippen molar-refractivity contribution in [3.63, 3.8) is 0 Å². The highest BCUT2D eigenvalue weighted by molar-refractivity contribution is 7.16. The van der Waals surface area contributed by atoms with Crippen molar-refractivity contribution in [2.45, 2.75) is 46.3 Å². The molecular formula is C23H28N4O5S. The van der Waals surface area contributed by atoms with Gasteiger partial charge in [-0.15, -0.1) is 11.3 Å². The van der Waals surface area contributed by atoms with E-state index >= 15 is 0 Å². The highest BCUT2D eigenvalue weighted by Gasteiger charge is 2.27. The molecule has 0 saturated carbocycles. The van der Waals surface area contributed by atoms with Crippen molar-refractivity contribution < 1.29 is 19.1 Å². The number of carbonyl (C=O) groups is 2. The van der Waals surface area contributed by atoms with Gasteiger partial charge in [0.25, 0.3) is 11.5 Å². The lowest BCUT2D eigenvalue weighted by Gasteiger charge is -2.24. The van der Waals surface area contributed by atoms with Crippen LogP contribution in [0.1, 0.15) is 45.1 Å². The van der Waals surface area contributed by atoms with Gasteiger partial charge in [0, 0.05) is 23.9 Å². The molecule has 0 aliphatic rings. The van der Waals surface area contributed by atoms with E-state index in [4.69, 9.17) is 9.47 Å². The fourth-order valence-corrected chi connectivity index (χ4v) is 4.10. The number of thiophene rings is 1. The average molecular weight is 473 g/mol. The Hall–Kier alpha value is -3.40. The van der Waals surface area contributed by atoms with Gasteiger partial charge < -0.3 is 14.8 Å². The summed E-state index contributed by atoms with van der Waals surface area (Å²) in [5.41, 5.74) is -0.610. The van der Waals surface area contributed by atoms with Crippen LogP contribution in [0.25, 0.3) is 16.5 Å². The highest BCUT2D eigenvalue weighted by Crippen LogP contribution is 2.33. The maximum absolute atomic E-state index is 13.5. The zero-order valence-electron chi connectivity index (χ0n) is 19.8. The van der Waals surface area contributed by atoms with Gasteiger partial charge >= 0.3 is 6.09 Å². The number of methoxy groups -OCH3 is 1. The summed E-state index contributed by atoms with van der Waals surface area (Å²) in [7, 11) is 3.08. The van der Waals surface area contributed by atoms with Gasteiger partial charge in [0.1, 0.15) is 16.4 Å². The summed E-state index contributed by atoms with van der Waals surface area (Å²) in [6.07, 6.45) is -0.605. The second kappa shape index (κ2) is 9.22. The van der Waals surface area contributed by atoms with E-state index in [9.17, 15) is 14.4 Å². The van der Waals surface area contributed by atoms with Gasteiger partial charge in [-0.1, -0.05) is 0 Å². The molecule has 0 radical (unpaired) electrons. The van der Waals surface area contributed by atoms with Crippen LogP contribution in [-0.2, 0) is 4.74 Å². The van der Waals surface area contributed by atoms with Crippen molar-refractivity contribution in [3.05, 3.63) is 45.7 Å². The number of anilines is 1. The van der Waals surface area contributed by atoms with Crippen molar-refractivity contribution in [2.24, 2.45) is 0 Å². The van der Waals surface area contributed by atoms with Crippen LogP contribution in [0.5, 0.6) is 5.75 Å². The van der Waals surface area contributed by atoms with Gasteiger partial charge in [0.05, 0.1) is 18.2 Å². The molecule has 0 aliphatic carbocycles. The molecule has 0 saturated heterocycles. The number of nitrogens with one attached hydrogen (secondary N) is 1. The molecule has 10 heteroatoms. The van der Waals surface area contributed by atoms with Crippen molar-refractivity contribution in [1.29, 1.82) is 0 Å². The quantitative estimate of drug-likeness (QED) is 0.603. The van der Waals surface area contributed by atoms with Gasteiger partial charge in [0.15, 0.2) is 5.69 Å². The Labute approximate surface area is 195 Å². The number of fused-ring (bicyclic) bond motifs is 1. The Morgan fingerprint density at radius 1 is 1.18 bits per heavy atom. The van der Waals surface area contributed by atoms with Crippen molar-refractivity contribution in [2.75, 3.05) is 19.1 Å². The van der Waals surface area contributed by atoms with E-state index in [1.165, 1.54) is 23.3 Å². The largest absolute Gasteiger partial charge is 0.497 e. The molecule has 9 nitrogen and oxygen atoms in total. The maximum atomic E-state index is 13.5. The first kappa shape index (κ1) is 24.2. The highest BCUT2D eigenvalue weighted by atomic mass is 32.1. The lowest BCUT2D eigenvalue weighted by atomic mass is 10.2. The van der Waals surface area contributed by atoms with Gasteiger partial charge in [-0.05, 0) is 58.9 Å². The van der Waals surface area contributed by atoms with Gasteiger partial charge in [0.2, 0.25) is 0 Å². The third kappa shape index (κ3) is 5.16. The summed E-state index contributed by atoms with van der Waals surface area (Å²) in [6.45, 7) is 8.97.